The standard InChI is InChI=1S/C9H21NO2/c1-9(8-10)4-7-12-6-3-5-11-2/h9H,3-8,10H2,1-2H3. The fourth-order valence-electron chi connectivity index (χ4n) is 0.810. The molecular formula is C9H21NO2. The third-order valence-corrected chi connectivity index (χ3v) is 1.79. The van der Waals surface area contributed by atoms with Crippen LogP contribution < -0.4 is 5.73 Å². The zero-order valence-electron chi connectivity index (χ0n) is 8.21. The number of hydrogen-bond acceptors (Lipinski definition) is 3. The van der Waals surface area contributed by atoms with E-state index in [1.807, 2.05) is 0 Å². The zero-order chi connectivity index (χ0) is 9.23. The van der Waals surface area contributed by atoms with E-state index in [-0.39, 0.29) is 0 Å². The molecule has 74 valence electrons. The summed E-state index contributed by atoms with van der Waals surface area (Å²) < 4.78 is 10.3. The summed E-state index contributed by atoms with van der Waals surface area (Å²) in [6.45, 7) is 5.29. The van der Waals surface area contributed by atoms with Gasteiger partial charge in [0.1, 0.15) is 0 Å². The second-order valence-electron chi connectivity index (χ2n) is 3.09. The SMILES string of the molecule is COCCCOCCC(C)CN. The maximum Gasteiger partial charge on any atom is 0.0487 e. The third kappa shape index (κ3) is 7.98. The molecule has 0 heterocycles. The van der Waals surface area contributed by atoms with Crippen LogP contribution >= 0.6 is 0 Å². The quantitative estimate of drug-likeness (QED) is 0.560. The molecule has 1 atom stereocenters. The van der Waals surface area contributed by atoms with E-state index in [2.05, 4.69) is 6.92 Å². The van der Waals surface area contributed by atoms with Crippen molar-refractivity contribution in [1.82, 2.24) is 0 Å². The molecule has 0 saturated heterocycles. The summed E-state index contributed by atoms with van der Waals surface area (Å²) >= 11 is 0. The van der Waals surface area contributed by atoms with Crippen LogP contribution in [0.4, 0.5) is 0 Å². The molecule has 0 rings (SSSR count). The number of hydrogen-bond donors (Lipinski definition) is 1. The summed E-state index contributed by atoms with van der Waals surface area (Å²) in [4.78, 5) is 0. The van der Waals surface area contributed by atoms with E-state index in [4.69, 9.17) is 15.2 Å². The van der Waals surface area contributed by atoms with Crippen LogP contribution in [0.3, 0.4) is 0 Å². The van der Waals surface area contributed by atoms with Crippen molar-refractivity contribution in [1.29, 1.82) is 0 Å². The molecule has 0 aliphatic heterocycles. The summed E-state index contributed by atoms with van der Waals surface area (Å²) in [6, 6.07) is 0. The molecule has 0 aromatic heterocycles. The molecular weight excluding hydrogens is 154 g/mol. The highest BCUT2D eigenvalue weighted by Crippen LogP contribution is 1.98. The van der Waals surface area contributed by atoms with Gasteiger partial charge in [0.05, 0.1) is 0 Å². The topological polar surface area (TPSA) is 44.5 Å². The molecule has 12 heavy (non-hydrogen) atoms. The first-order chi connectivity index (χ1) is 5.81. The van der Waals surface area contributed by atoms with Crippen LogP contribution in [0, 0.1) is 5.92 Å². The van der Waals surface area contributed by atoms with Crippen LogP contribution in [-0.4, -0.2) is 33.5 Å². The van der Waals surface area contributed by atoms with Crippen LogP contribution in [0.5, 0.6) is 0 Å². The third-order valence-electron chi connectivity index (χ3n) is 1.79. The average molecular weight is 175 g/mol. The van der Waals surface area contributed by atoms with Crippen LogP contribution in [0.15, 0.2) is 0 Å². The number of methoxy groups -OCH3 is 1. The van der Waals surface area contributed by atoms with Gasteiger partial charge in [-0.3, -0.25) is 0 Å². The van der Waals surface area contributed by atoms with E-state index in [1.165, 1.54) is 0 Å². The second-order valence-corrected chi connectivity index (χ2v) is 3.09. The molecule has 2 N–H and O–H groups in total. The molecule has 0 aromatic rings. The number of ether oxygens (including phenoxy) is 2. The Balaban J connectivity index is 2.90. The Labute approximate surface area is 75.2 Å². The lowest BCUT2D eigenvalue weighted by Gasteiger charge is -2.08. The minimum absolute atomic E-state index is 0.576. The predicted molar refractivity (Wildman–Crippen MR) is 50.1 cm³/mol. The fourth-order valence-corrected chi connectivity index (χ4v) is 0.810. The minimum Gasteiger partial charge on any atom is -0.385 e. The normalized spacial score (nSPS) is 13.2. The maximum atomic E-state index is 5.46. The molecule has 0 aliphatic rings. The van der Waals surface area contributed by atoms with Crippen molar-refractivity contribution in [3.05, 3.63) is 0 Å². The molecule has 1 unspecified atom stereocenters. The monoisotopic (exact) mass is 175 g/mol. The highest BCUT2D eigenvalue weighted by Gasteiger charge is 1.97. The van der Waals surface area contributed by atoms with Gasteiger partial charge >= 0.3 is 0 Å². The minimum atomic E-state index is 0.576. The van der Waals surface area contributed by atoms with E-state index in [0.29, 0.717) is 5.92 Å². The van der Waals surface area contributed by atoms with Crippen molar-refractivity contribution in [3.8, 4) is 0 Å². The van der Waals surface area contributed by atoms with Gasteiger partial charge in [0.25, 0.3) is 0 Å². The Morgan fingerprint density at radius 2 is 2.00 bits per heavy atom. The van der Waals surface area contributed by atoms with Crippen LogP contribution in [0.2, 0.25) is 0 Å². The van der Waals surface area contributed by atoms with Crippen molar-refractivity contribution in [2.24, 2.45) is 11.7 Å². The maximum absolute atomic E-state index is 5.46. The molecule has 0 spiro atoms. The van der Waals surface area contributed by atoms with Gasteiger partial charge in [-0.2, -0.15) is 0 Å². The van der Waals surface area contributed by atoms with Gasteiger partial charge in [-0.05, 0) is 25.3 Å². The largest absolute Gasteiger partial charge is 0.385 e. The summed E-state index contributed by atoms with van der Waals surface area (Å²) in [5, 5.41) is 0. The lowest BCUT2D eigenvalue weighted by molar-refractivity contribution is 0.0954. The zero-order valence-corrected chi connectivity index (χ0v) is 8.21. The van der Waals surface area contributed by atoms with Crippen LogP contribution in [-0.2, 0) is 9.47 Å². The van der Waals surface area contributed by atoms with Crippen molar-refractivity contribution in [2.75, 3.05) is 33.5 Å². The van der Waals surface area contributed by atoms with Gasteiger partial charge in [0.2, 0.25) is 0 Å². The van der Waals surface area contributed by atoms with Gasteiger partial charge in [0, 0.05) is 26.9 Å². The van der Waals surface area contributed by atoms with Crippen LogP contribution in [0.1, 0.15) is 19.8 Å². The number of nitrogens with two attached hydrogens (primary N) is 1. The summed E-state index contributed by atoms with van der Waals surface area (Å²) in [7, 11) is 1.70. The van der Waals surface area contributed by atoms with E-state index >= 15 is 0 Å². The lowest BCUT2D eigenvalue weighted by Crippen LogP contribution is -2.13. The van der Waals surface area contributed by atoms with Crippen molar-refractivity contribution in [3.63, 3.8) is 0 Å². The van der Waals surface area contributed by atoms with Gasteiger partial charge in [-0.25, -0.2) is 0 Å². The van der Waals surface area contributed by atoms with Gasteiger partial charge < -0.3 is 15.2 Å². The molecule has 0 aromatic carbocycles. The van der Waals surface area contributed by atoms with Gasteiger partial charge in [0.15, 0.2) is 0 Å². The van der Waals surface area contributed by atoms with E-state index in [0.717, 1.165) is 39.2 Å². The Morgan fingerprint density at radius 1 is 1.25 bits per heavy atom. The average Bonchev–Trinajstić information content (AvgIpc) is 2.10. The summed E-state index contributed by atoms with van der Waals surface area (Å²) in [5.74, 6) is 0.576. The van der Waals surface area contributed by atoms with Crippen molar-refractivity contribution in [2.45, 2.75) is 19.8 Å². The molecule has 3 heteroatoms. The van der Waals surface area contributed by atoms with Gasteiger partial charge in [-0.15, -0.1) is 0 Å². The fraction of sp³-hybridized carbons (Fsp3) is 1.00. The van der Waals surface area contributed by atoms with E-state index in [1.54, 1.807) is 7.11 Å². The second kappa shape index (κ2) is 8.97. The smallest absolute Gasteiger partial charge is 0.0487 e. The first-order valence-corrected chi connectivity index (χ1v) is 4.58. The molecule has 0 radical (unpaired) electrons. The Bertz CT molecular complexity index is 88.6. The van der Waals surface area contributed by atoms with Crippen molar-refractivity contribution >= 4 is 0 Å². The number of rotatable bonds is 8. The van der Waals surface area contributed by atoms with E-state index < -0.39 is 0 Å². The van der Waals surface area contributed by atoms with Crippen LogP contribution in [0.25, 0.3) is 0 Å². The van der Waals surface area contributed by atoms with E-state index in [9.17, 15) is 0 Å². The lowest BCUT2D eigenvalue weighted by atomic mass is 10.1. The summed E-state index contributed by atoms with van der Waals surface area (Å²) in [5.41, 5.74) is 5.46. The molecule has 0 amide bonds. The molecule has 0 bridgehead atoms. The molecule has 0 saturated carbocycles. The summed E-state index contributed by atoms with van der Waals surface area (Å²) in [6.07, 6.45) is 2.04. The highest BCUT2D eigenvalue weighted by atomic mass is 16.5. The first kappa shape index (κ1) is 11.9. The molecule has 0 aliphatic carbocycles. The van der Waals surface area contributed by atoms with Gasteiger partial charge in [-0.1, -0.05) is 6.92 Å². The van der Waals surface area contributed by atoms with Crippen molar-refractivity contribution < 1.29 is 9.47 Å². The first-order valence-electron chi connectivity index (χ1n) is 4.58. The molecule has 3 nitrogen and oxygen atoms in total. The Hall–Kier alpha value is -0.120. The Morgan fingerprint density at radius 3 is 2.58 bits per heavy atom. The highest BCUT2D eigenvalue weighted by molar-refractivity contribution is 4.51. The molecule has 0 fully saturated rings. The predicted octanol–water partition coefficient (Wildman–Crippen LogP) is 1.02. The Kier molecular flexibility index (Phi) is 8.88.